The van der Waals surface area contributed by atoms with E-state index in [0.29, 0.717) is 11.4 Å². The van der Waals surface area contributed by atoms with E-state index >= 15 is 0 Å². The Balaban J connectivity index is 2.59. The Bertz CT molecular complexity index is 804. The van der Waals surface area contributed by atoms with Gasteiger partial charge in [-0.3, -0.25) is 0 Å². The molecule has 0 amide bonds. The second-order valence-corrected chi connectivity index (χ2v) is 7.14. The molecular weight excluding hydrogens is 343 g/mol. The lowest BCUT2D eigenvalue weighted by atomic mass is 10.2. The Labute approximate surface area is 140 Å². The van der Waals surface area contributed by atoms with Crippen LogP contribution in [0.25, 0.3) is 0 Å². The van der Waals surface area contributed by atoms with Gasteiger partial charge in [0.2, 0.25) is 0 Å². The van der Waals surface area contributed by atoms with Gasteiger partial charge in [0.05, 0.1) is 5.02 Å². The maximum absolute atomic E-state index is 12.5. The van der Waals surface area contributed by atoms with Crippen molar-refractivity contribution in [2.24, 2.45) is 4.40 Å². The minimum absolute atomic E-state index is 0.0827. The summed E-state index contributed by atoms with van der Waals surface area (Å²) in [6, 6.07) is 13.3. The molecule has 0 atom stereocenters. The first-order valence-corrected chi connectivity index (χ1v) is 8.53. The van der Waals surface area contributed by atoms with Crippen LogP contribution in [0.4, 0.5) is 0 Å². The first kappa shape index (κ1) is 16.8. The van der Waals surface area contributed by atoms with Gasteiger partial charge in [-0.15, -0.1) is 4.40 Å². The average molecular weight is 357 g/mol. The molecule has 0 aliphatic carbocycles. The van der Waals surface area contributed by atoms with Crippen LogP contribution in [0.5, 0.6) is 0 Å². The first-order chi connectivity index (χ1) is 10.3. The van der Waals surface area contributed by atoms with Gasteiger partial charge in [-0.2, -0.15) is 8.42 Å². The Morgan fingerprint density at radius 2 is 1.68 bits per heavy atom. The molecule has 0 aliphatic rings. The van der Waals surface area contributed by atoms with Crippen LogP contribution in [0.15, 0.2) is 57.8 Å². The van der Waals surface area contributed by atoms with E-state index in [1.807, 2.05) is 18.2 Å². The monoisotopic (exact) mass is 356 g/mol. The molecule has 0 unspecified atom stereocenters. The van der Waals surface area contributed by atoms with Crippen molar-refractivity contribution in [3.8, 4) is 0 Å². The van der Waals surface area contributed by atoms with Crippen LogP contribution in [0.3, 0.4) is 0 Å². The number of rotatable bonds is 3. The maximum atomic E-state index is 12.5. The lowest BCUT2D eigenvalue weighted by Gasteiger charge is -2.16. The highest BCUT2D eigenvalue weighted by atomic mass is 35.5. The smallest absolute Gasteiger partial charge is 0.285 e. The van der Waals surface area contributed by atoms with Gasteiger partial charge in [-0.1, -0.05) is 53.5 Å². The number of hydrogen-bond acceptors (Lipinski definition) is 2. The third-order valence-electron chi connectivity index (χ3n) is 2.83. The maximum Gasteiger partial charge on any atom is 0.285 e. The molecule has 22 heavy (non-hydrogen) atoms. The highest BCUT2D eigenvalue weighted by Gasteiger charge is 2.20. The largest absolute Gasteiger partial charge is 0.362 e. The zero-order valence-electron chi connectivity index (χ0n) is 12.0. The fourth-order valence-electron chi connectivity index (χ4n) is 1.82. The van der Waals surface area contributed by atoms with Gasteiger partial charge in [0.1, 0.15) is 10.7 Å². The van der Waals surface area contributed by atoms with E-state index in [1.165, 1.54) is 18.2 Å². The van der Waals surface area contributed by atoms with Crippen molar-refractivity contribution in [2.75, 3.05) is 14.1 Å². The molecule has 0 spiro atoms. The lowest BCUT2D eigenvalue weighted by Crippen LogP contribution is -2.24. The van der Waals surface area contributed by atoms with E-state index in [1.54, 1.807) is 31.1 Å². The summed E-state index contributed by atoms with van der Waals surface area (Å²) in [4.78, 5) is 1.52. The molecule has 0 aliphatic heterocycles. The van der Waals surface area contributed by atoms with Crippen molar-refractivity contribution in [1.82, 2.24) is 4.90 Å². The lowest BCUT2D eigenvalue weighted by molar-refractivity contribution is 0.592. The minimum atomic E-state index is -3.98. The molecule has 0 aromatic heterocycles. The minimum Gasteiger partial charge on any atom is -0.362 e. The number of halogens is 2. The van der Waals surface area contributed by atoms with Crippen molar-refractivity contribution in [3.63, 3.8) is 0 Å². The normalized spacial score (nSPS) is 12.3. The van der Waals surface area contributed by atoms with Gasteiger partial charge in [-0.05, 0) is 18.2 Å². The quantitative estimate of drug-likeness (QED) is 0.622. The van der Waals surface area contributed by atoms with E-state index in [0.717, 1.165) is 0 Å². The summed E-state index contributed by atoms with van der Waals surface area (Å²) < 4.78 is 29.0. The van der Waals surface area contributed by atoms with Crippen LogP contribution in [0.1, 0.15) is 5.56 Å². The van der Waals surface area contributed by atoms with Crippen molar-refractivity contribution in [1.29, 1.82) is 0 Å². The summed E-state index contributed by atoms with van der Waals surface area (Å²) in [5, 5.41) is 0.364. The van der Waals surface area contributed by atoms with E-state index < -0.39 is 10.0 Å². The molecule has 7 heteroatoms. The second kappa shape index (κ2) is 6.69. The molecule has 0 bridgehead atoms. The van der Waals surface area contributed by atoms with Crippen LogP contribution in [-0.4, -0.2) is 33.2 Å². The van der Waals surface area contributed by atoms with Gasteiger partial charge in [0, 0.05) is 24.7 Å². The molecule has 2 aromatic rings. The third-order valence-corrected chi connectivity index (χ3v) is 4.82. The summed E-state index contributed by atoms with van der Waals surface area (Å²) in [6.45, 7) is 0. The number of hydrogen-bond donors (Lipinski definition) is 0. The highest BCUT2D eigenvalue weighted by molar-refractivity contribution is 7.90. The van der Waals surface area contributed by atoms with E-state index in [4.69, 9.17) is 23.2 Å². The Hall–Kier alpha value is -1.56. The summed E-state index contributed by atoms with van der Waals surface area (Å²) in [5.74, 6) is 0.316. The number of nitrogens with zero attached hydrogens (tertiary/aromatic N) is 2. The number of amidine groups is 1. The van der Waals surface area contributed by atoms with Crippen molar-refractivity contribution >= 4 is 39.1 Å². The molecule has 116 valence electrons. The predicted molar refractivity (Wildman–Crippen MR) is 90.3 cm³/mol. The molecule has 2 rings (SSSR count). The van der Waals surface area contributed by atoms with Crippen LogP contribution >= 0.6 is 23.2 Å². The van der Waals surface area contributed by atoms with E-state index in [2.05, 4.69) is 4.40 Å². The summed E-state index contributed by atoms with van der Waals surface area (Å²) in [6.07, 6.45) is 0. The van der Waals surface area contributed by atoms with E-state index in [9.17, 15) is 8.42 Å². The third kappa shape index (κ3) is 3.80. The molecule has 0 N–H and O–H groups in total. The summed E-state index contributed by atoms with van der Waals surface area (Å²) >= 11 is 11.8. The SMILES string of the molecule is CN(C)/C(=N\S(=O)(=O)c1cc(Cl)ccc1Cl)c1ccccc1. The number of sulfonamides is 1. The fourth-order valence-corrected chi connectivity index (χ4v) is 3.65. The van der Waals surface area contributed by atoms with Crippen LogP contribution in [0.2, 0.25) is 10.0 Å². The topological polar surface area (TPSA) is 49.7 Å². The fraction of sp³-hybridized carbons (Fsp3) is 0.133. The Morgan fingerprint density at radius 3 is 2.27 bits per heavy atom. The van der Waals surface area contributed by atoms with Crippen LogP contribution < -0.4 is 0 Å². The van der Waals surface area contributed by atoms with Gasteiger partial charge < -0.3 is 4.90 Å². The Morgan fingerprint density at radius 1 is 1.05 bits per heavy atom. The predicted octanol–water partition coefficient (Wildman–Crippen LogP) is 3.69. The van der Waals surface area contributed by atoms with Gasteiger partial charge in [0.25, 0.3) is 10.0 Å². The summed E-state index contributed by atoms with van der Waals surface area (Å²) in [7, 11) is -0.530. The molecule has 0 radical (unpaired) electrons. The van der Waals surface area contributed by atoms with Gasteiger partial charge in [0.15, 0.2) is 0 Å². The van der Waals surface area contributed by atoms with Gasteiger partial charge in [-0.25, -0.2) is 0 Å². The molecule has 0 saturated heterocycles. The molecule has 0 fully saturated rings. The molecule has 0 saturated carbocycles. The van der Waals surface area contributed by atoms with Crippen molar-refractivity contribution < 1.29 is 8.42 Å². The van der Waals surface area contributed by atoms with Crippen molar-refractivity contribution in [2.45, 2.75) is 4.90 Å². The van der Waals surface area contributed by atoms with Crippen molar-refractivity contribution in [3.05, 3.63) is 64.1 Å². The second-order valence-electron chi connectivity index (χ2n) is 4.73. The van der Waals surface area contributed by atoms with Crippen LogP contribution in [-0.2, 0) is 10.0 Å². The average Bonchev–Trinajstić information content (AvgIpc) is 2.48. The molecule has 4 nitrogen and oxygen atoms in total. The Kier molecular flexibility index (Phi) is 5.11. The van der Waals surface area contributed by atoms with Crippen LogP contribution in [0, 0.1) is 0 Å². The number of benzene rings is 2. The molecular formula is C15H14Cl2N2O2S. The first-order valence-electron chi connectivity index (χ1n) is 6.34. The molecule has 0 heterocycles. The summed E-state index contributed by atoms with van der Waals surface area (Å²) in [5.41, 5.74) is 0.689. The highest BCUT2D eigenvalue weighted by Crippen LogP contribution is 2.27. The zero-order chi connectivity index (χ0) is 16.3. The standard InChI is InChI=1S/C15H14Cl2N2O2S/c1-19(2)15(11-6-4-3-5-7-11)18-22(20,21)14-10-12(16)8-9-13(14)17/h3-10H,1-2H3/b18-15-. The molecule has 2 aromatic carbocycles. The zero-order valence-corrected chi connectivity index (χ0v) is 14.3. The van der Waals surface area contributed by atoms with E-state index in [-0.39, 0.29) is 14.9 Å². The van der Waals surface area contributed by atoms with Gasteiger partial charge >= 0.3 is 0 Å².